The molecule has 0 spiro atoms. The molecule has 0 atom stereocenters. The van der Waals surface area contributed by atoms with Crippen molar-refractivity contribution in [3.05, 3.63) is 53.8 Å². The van der Waals surface area contributed by atoms with E-state index >= 15 is 0 Å². The van der Waals surface area contributed by atoms with Gasteiger partial charge in [-0.25, -0.2) is 4.98 Å². The number of imidazole rings is 1. The van der Waals surface area contributed by atoms with Gasteiger partial charge in [-0.1, -0.05) is 6.58 Å². The molecule has 0 bridgehead atoms. The van der Waals surface area contributed by atoms with Crippen molar-refractivity contribution in [3.63, 3.8) is 0 Å². The third-order valence-corrected chi connectivity index (χ3v) is 4.32. The van der Waals surface area contributed by atoms with Gasteiger partial charge < -0.3 is 24.3 Å². The van der Waals surface area contributed by atoms with Crippen molar-refractivity contribution in [1.29, 1.82) is 0 Å². The number of nitrogens with zero attached hydrogens (tertiary/aromatic N) is 3. The average molecular weight is 340 g/mol. The van der Waals surface area contributed by atoms with Crippen LogP contribution in [-0.2, 0) is 6.54 Å². The fraction of sp³-hybridized carbons (Fsp3) is 0.316. The van der Waals surface area contributed by atoms with Crippen molar-refractivity contribution in [2.75, 3.05) is 35.4 Å². The van der Waals surface area contributed by atoms with Crippen molar-refractivity contribution in [2.24, 2.45) is 0 Å². The molecule has 6 heteroatoms. The maximum Gasteiger partial charge on any atom is 0.127 e. The molecular formula is C19H24N4O2. The van der Waals surface area contributed by atoms with Crippen molar-refractivity contribution in [3.8, 4) is 11.5 Å². The Bertz CT molecular complexity index is 811. The number of aromatic nitrogens is 2. The van der Waals surface area contributed by atoms with Crippen LogP contribution < -0.4 is 9.47 Å². The fourth-order valence-electron chi connectivity index (χ4n) is 3.05. The van der Waals surface area contributed by atoms with Crippen LogP contribution in [0, 0.1) is 0 Å². The van der Waals surface area contributed by atoms with E-state index in [0.717, 1.165) is 51.8 Å². The zero-order chi connectivity index (χ0) is 18.1. The van der Waals surface area contributed by atoms with Crippen LogP contribution in [-0.4, -0.2) is 55.1 Å². The van der Waals surface area contributed by atoms with Crippen LogP contribution in [0.3, 0.4) is 0 Å². The van der Waals surface area contributed by atoms with Crippen LogP contribution in [0.15, 0.2) is 31.2 Å². The Balaban J connectivity index is 2.15. The first-order valence-corrected chi connectivity index (χ1v) is 8.04. The van der Waals surface area contributed by atoms with Crippen LogP contribution in [0.25, 0.3) is 11.3 Å². The Morgan fingerprint density at radius 3 is 2.40 bits per heavy atom. The van der Waals surface area contributed by atoms with Gasteiger partial charge in [0.2, 0.25) is 0 Å². The molecule has 0 unspecified atom stereocenters. The normalized spacial score (nSPS) is 13.8. The molecule has 1 aromatic heterocycles. The van der Waals surface area contributed by atoms with Gasteiger partial charge in [-0.3, -0.25) is 0 Å². The van der Waals surface area contributed by atoms with E-state index in [1.54, 1.807) is 20.5 Å². The molecule has 2 aromatic rings. The Morgan fingerprint density at radius 2 is 1.84 bits per heavy atom. The Kier molecular flexibility index (Phi) is 4.55. The number of hydrogen-bond donors (Lipinski definition) is 1. The van der Waals surface area contributed by atoms with Crippen LogP contribution >= 0.6 is 0 Å². The highest BCUT2D eigenvalue weighted by Crippen LogP contribution is 2.39. The summed E-state index contributed by atoms with van der Waals surface area (Å²) >= 11 is 0. The molecule has 25 heavy (non-hydrogen) atoms. The summed E-state index contributed by atoms with van der Waals surface area (Å²) < 4.78 is 11.3. The van der Waals surface area contributed by atoms with Crippen molar-refractivity contribution >= 4 is 11.3 Å². The predicted octanol–water partition coefficient (Wildman–Crippen LogP) is 2.79. The van der Waals surface area contributed by atoms with Gasteiger partial charge in [-0.15, -0.1) is 0 Å². The third-order valence-electron chi connectivity index (χ3n) is 4.32. The first-order chi connectivity index (χ1) is 12.0. The van der Waals surface area contributed by atoms with Gasteiger partial charge in [0.25, 0.3) is 0 Å². The van der Waals surface area contributed by atoms with Crippen molar-refractivity contribution < 1.29 is 9.47 Å². The number of benzene rings is 1. The van der Waals surface area contributed by atoms with E-state index < -0.39 is 0 Å². The number of methoxy groups -OCH3 is 2. The second-order valence-corrected chi connectivity index (χ2v) is 6.32. The summed E-state index contributed by atoms with van der Waals surface area (Å²) in [6.07, 6.45) is 3.73. The van der Waals surface area contributed by atoms with E-state index in [1.807, 2.05) is 44.4 Å². The minimum absolute atomic E-state index is 0.732. The molecule has 1 N–H and O–H groups in total. The highest BCUT2D eigenvalue weighted by atomic mass is 16.5. The highest BCUT2D eigenvalue weighted by Gasteiger charge is 2.24. The van der Waals surface area contributed by atoms with E-state index in [1.165, 1.54) is 0 Å². The Labute approximate surface area is 148 Å². The van der Waals surface area contributed by atoms with Crippen molar-refractivity contribution in [2.45, 2.75) is 6.54 Å². The van der Waals surface area contributed by atoms with E-state index in [9.17, 15) is 0 Å². The number of rotatable bonds is 5. The summed E-state index contributed by atoms with van der Waals surface area (Å²) in [5, 5.41) is 0. The van der Waals surface area contributed by atoms with Gasteiger partial charge in [0, 0.05) is 25.4 Å². The van der Waals surface area contributed by atoms with Gasteiger partial charge in [-0.2, -0.15) is 0 Å². The van der Waals surface area contributed by atoms with Crippen molar-refractivity contribution in [1.82, 2.24) is 19.8 Å². The lowest BCUT2D eigenvalue weighted by atomic mass is 9.96. The maximum atomic E-state index is 5.64. The number of fused-ring (bicyclic) bond motifs is 1. The quantitative estimate of drug-likeness (QED) is 0.907. The molecule has 0 fully saturated rings. The summed E-state index contributed by atoms with van der Waals surface area (Å²) in [5.41, 5.74) is 5.71. The smallest absolute Gasteiger partial charge is 0.127 e. The largest absolute Gasteiger partial charge is 0.496 e. The highest BCUT2D eigenvalue weighted by molar-refractivity contribution is 5.88. The number of nitrogens with one attached hydrogen (secondary N) is 1. The maximum absolute atomic E-state index is 5.64. The summed E-state index contributed by atoms with van der Waals surface area (Å²) in [4.78, 5) is 11.7. The van der Waals surface area contributed by atoms with Gasteiger partial charge >= 0.3 is 0 Å². The second-order valence-electron chi connectivity index (χ2n) is 6.32. The Morgan fingerprint density at radius 1 is 1.20 bits per heavy atom. The van der Waals surface area contributed by atoms with Gasteiger partial charge in [0.1, 0.15) is 11.5 Å². The molecule has 0 saturated heterocycles. The van der Waals surface area contributed by atoms with Gasteiger partial charge in [0.05, 0.1) is 43.2 Å². The number of H-pyrrole nitrogens is 1. The summed E-state index contributed by atoms with van der Waals surface area (Å²) in [6, 6.07) is 4.07. The zero-order valence-electron chi connectivity index (χ0n) is 15.4. The molecule has 1 aliphatic rings. The predicted molar refractivity (Wildman–Crippen MR) is 99.4 cm³/mol. The number of aromatic amines is 1. The second kappa shape index (κ2) is 6.64. The molecule has 0 saturated carbocycles. The standard InChI is InChI=1S/C19H24N4O2/c1-12-18-19(21-11-20-18)14(10-23(12)4)13-7-16(24-5)15(9-22(2)3)17(8-13)25-6/h7-8,10-11H,1,9H2,2-6H3,(H,20,21). The van der Waals surface area contributed by atoms with Crippen LogP contribution in [0.2, 0.25) is 0 Å². The molecule has 1 aromatic carbocycles. The zero-order valence-corrected chi connectivity index (χ0v) is 15.4. The summed E-state index contributed by atoms with van der Waals surface area (Å²) in [7, 11) is 9.38. The molecule has 6 nitrogen and oxygen atoms in total. The van der Waals surface area contributed by atoms with Crippen LogP contribution in [0.5, 0.6) is 11.5 Å². The summed E-state index contributed by atoms with van der Waals surface area (Å²) in [6.45, 7) is 4.84. The lowest BCUT2D eigenvalue weighted by Gasteiger charge is -2.25. The van der Waals surface area contributed by atoms with E-state index in [-0.39, 0.29) is 0 Å². The summed E-state index contributed by atoms with van der Waals surface area (Å²) in [5.74, 6) is 1.60. The first-order valence-electron chi connectivity index (χ1n) is 8.04. The molecule has 3 rings (SSSR count). The average Bonchev–Trinajstić information content (AvgIpc) is 3.07. The molecular weight excluding hydrogens is 316 g/mol. The molecule has 0 aliphatic carbocycles. The lowest BCUT2D eigenvalue weighted by Crippen LogP contribution is -2.16. The van der Waals surface area contributed by atoms with E-state index in [2.05, 4.69) is 21.4 Å². The van der Waals surface area contributed by atoms with Crippen LogP contribution in [0.4, 0.5) is 0 Å². The monoisotopic (exact) mass is 340 g/mol. The molecule has 1 aliphatic heterocycles. The van der Waals surface area contributed by atoms with Gasteiger partial charge in [0.15, 0.2) is 0 Å². The van der Waals surface area contributed by atoms with Crippen LogP contribution in [0.1, 0.15) is 22.5 Å². The van der Waals surface area contributed by atoms with Gasteiger partial charge in [-0.05, 0) is 31.8 Å². The Hall–Kier alpha value is -2.73. The number of hydrogen-bond acceptors (Lipinski definition) is 5. The topological polar surface area (TPSA) is 53.6 Å². The molecule has 0 amide bonds. The molecule has 132 valence electrons. The first kappa shape index (κ1) is 17.1. The number of ether oxygens (including phenoxy) is 2. The van der Waals surface area contributed by atoms with E-state index in [4.69, 9.17) is 9.47 Å². The lowest BCUT2D eigenvalue weighted by molar-refractivity contribution is 0.348. The SMILES string of the molecule is C=C1c2[nH]cnc2C(c2cc(OC)c(CN(C)C)c(OC)c2)=CN1C. The third kappa shape index (κ3) is 3.00. The molecule has 2 heterocycles. The molecule has 0 radical (unpaired) electrons. The van der Waals surface area contributed by atoms with E-state index in [0.29, 0.717) is 0 Å². The minimum atomic E-state index is 0.732. The minimum Gasteiger partial charge on any atom is -0.496 e. The fourth-order valence-corrected chi connectivity index (χ4v) is 3.05.